The average Bonchev–Trinajstić information content (AvgIpc) is 2.98. The standard InChI is InChI=1S/C17H21N3O5/c1-11-5-7-14(25-11)10-19(3)12(2)17(21)18-15-9-13(20(22)23)6-8-16(15)24-4/h5-9,12H,10H2,1-4H3,(H,18,21)/t12-/m0/s1. The molecule has 1 aromatic heterocycles. The Kier molecular flexibility index (Phi) is 5.76. The first kappa shape index (κ1) is 18.5. The highest BCUT2D eigenvalue weighted by Gasteiger charge is 2.21. The molecule has 8 heteroatoms. The summed E-state index contributed by atoms with van der Waals surface area (Å²) in [6.45, 7) is 4.07. The molecule has 0 saturated heterocycles. The molecule has 0 fully saturated rings. The molecule has 0 unspecified atom stereocenters. The predicted octanol–water partition coefficient (Wildman–Crippen LogP) is 2.96. The van der Waals surface area contributed by atoms with Gasteiger partial charge in [-0.05, 0) is 39.1 Å². The molecule has 0 aliphatic carbocycles. The second-order valence-corrected chi connectivity index (χ2v) is 5.73. The van der Waals surface area contributed by atoms with Gasteiger partial charge in [-0.2, -0.15) is 0 Å². The van der Waals surface area contributed by atoms with E-state index < -0.39 is 11.0 Å². The maximum Gasteiger partial charge on any atom is 0.271 e. The van der Waals surface area contributed by atoms with E-state index in [1.807, 2.05) is 24.0 Å². The van der Waals surface area contributed by atoms with Gasteiger partial charge in [-0.15, -0.1) is 0 Å². The number of amides is 1. The summed E-state index contributed by atoms with van der Waals surface area (Å²) in [6, 6.07) is 7.30. The molecule has 0 saturated carbocycles. The van der Waals surface area contributed by atoms with Gasteiger partial charge in [0.05, 0.1) is 30.3 Å². The van der Waals surface area contributed by atoms with Crippen LogP contribution in [0.3, 0.4) is 0 Å². The molecular formula is C17H21N3O5. The van der Waals surface area contributed by atoms with E-state index >= 15 is 0 Å². The Morgan fingerprint density at radius 3 is 2.68 bits per heavy atom. The first-order chi connectivity index (χ1) is 11.8. The molecule has 1 heterocycles. The van der Waals surface area contributed by atoms with Crippen molar-refractivity contribution in [2.75, 3.05) is 19.5 Å². The Morgan fingerprint density at radius 2 is 2.12 bits per heavy atom. The van der Waals surface area contributed by atoms with Gasteiger partial charge in [0.25, 0.3) is 5.69 Å². The lowest BCUT2D eigenvalue weighted by molar-refractivity contribution is -0.384. The van der Waals surface area contributed by atoms with E-state index in [-0.39, 0.29) is 17.3 Å². The molecule has 134 valence electrons. The number of likely N-dealkylation sites (N-methyl/N-ethyl adjacent to an activating group) is 1. The third-order valence-corrected chi connectivity index (χ3v) is 3.89. The van der Waals surface area contributed by atoms with Crippen molar-refractivity contribution in [3.05, 3.63) is 52.0 Å². The number of anilines is 1. The SMILES string of the molecule is COc1ccc([N+](=O)[O-])cc1NC(=O)[C@H](C)N(C)Cc1ccc(C)o1. The molecule has 0 aliphatic heterocycles. The third-order valence-electron chi connectivity index (χ3n) is 3.89. The number of nitro groups is 1. The summed E-state index contributed by atoms with van der Waals surface area (Å²) in [5.41, 5.74) is 0.138. The summed E-state index contributed by atoms with van der Waals surface area (Å²) < 4.78 is 10.7. The van der Waals surface area contributed by atoms with Gasteiger partial charge in [0.2, 0.25) is 5.91 Å². The van der Waals surface area contributed by atoms with Crippen LogP contribution in [0.25, 0.3) is 0 Å². The van der Waals surface area contributed by atoms with Gasteiger partial charge in [0, 0.05) is 12.1 Å². The quantitative estimate of drug-likeness (QED) is 0.611. The van der Waals surface area contributed by atoms with Gasteiger partial charge in [-0.3, -0.25) is 19.8 Å². The van der Waals surface area contributed by atoms with Crippen molar-refractivity contribution in [2.24, 2.45) is 0 Å². The highest BCUT2D eigenvalue weighted by Crippen LogP contribution is 2.29. The lowest BCUT2D eigenvalue weighted by Gasteiger charge is -2.23. The number of carbonyl (C=O) groups is 1. The summed E-state index contributed by atoms with van der Waals surface area (Å²) in [7, 11) is 3.23. The lowest BCUT2D eigenvalue weighted by Crippen LogP contribution is -2.39. The van der Waals surface area contributed by atoms with Crippen molar-refractivity contribution >= 4 is 17.3 Å². The van der Waals surface area contributed by atoms with Crippen LogP contribution in [0.15, 0.2) is 34.7 Å². The smallest absolute Gasteiger partial charge is 0.271 e. The number of nitro benzene ring substituents is 1. The molecule has 0 spiro atoms. The Morgan fingerprint density at radius 1 is 1.40 bits per heavy atom. The van der Waals surface area contributed by atoms with E-state index in [9.17, 15) is 14.9 Å². The van der Waals surface area contributed by atoms with Crippen molar-refractivity contribution < 1.29 is 18.9 Å². The zero-order chi connectivity index (χ0) is 18.6. The van der Waals surface area contributed by atoms with Crippen LogP contribution >= 0.6 is 0 Å². The Bertz CT molecular complexity index is 771. The van der Waals surface area contributed by atoms with Crippen molar-refractivity contribution in [3.8, 4) is 5.75 Å². The van der Waals surface area contributed by atoms with Crippen molar-refractivity contribution in [2.45, 2.75) is 26.4 Å². The second-order valence-electron chi connectivity index (χ2n) is 5.73. The first-order valence-corrected chi connectivity index (χ1v) is 7.70. The number of carbonyl (C=O) groups excluding carboxylic acids is 1. The molecule has 8 nitrogen and oxygen atoms in total. The van der Waals surface area contributed by atoms with E-state index in [0.29, 0.717) is 12.3 Å². The molecule has 0 aliphatic rings. The molecule has 0 bridgehead atoms. The van der Waals surface area contributed by atoms with Gasteiger partial charge in [-0.25, -0.2) is 0 Å². The first-order valence-electron chi connectivity index (χ1n) is 7.70. The largest absolute Gasteiger partial charge is 0.495 e. The van der Waals surface area contributed by atoms with Gasteiger partial charge >= 0.3 is 0 Å². The summed E-state index contributed by atoms with van der Waals surface area (Å²) >= 11 is 0. The summed E-state index contributed by atoms with van der Waals surface area (Å²) in [5, 5.41) is 13.6. The van der Waals surface area contributed by atoms with Gasteiger partial charge in [0.1, 0.15) is 17.3 Å². The summed E-state index contributed by atoms with van der Waals surface area (Å²) in [4.78, 5) is 24.7. The van der Waals surface area contributed by atoms with Gasteiger partial charge < -0.3 is 14.5 Å². The molecule has 1 amide bonds. The topological polar surface area (TPSA) is 97.8 Å². The number of benzene rings is 1. The minimum Gasteiger partial charge on any atom is -0.495 e. The Balaban J connectivity index is 2.09. The van der Waals surface area contributed by atoms with Crippen molar-refractivity contribution in [3.63, 3.8) is 0 Å². The number of aryl methyl sites for hydroxylation is 1. The third kappa shape index (κ3) is 4.57. The van der Waals surface area contributed by atoms with Crippen LogP contribution in [-0.4, -0.2) is 35.9 Å². The number of furan rings is 1. The van der Waals surface area contributed by atoms with Crippen LogP contribution in [0.2, 0.25) is 0 Å². The van der Waals surface area contributed by atoms with E-state index in [2.05, 4.69) is 5.32 Å². The molecule has 1 aromatic carbocycles. The van der Waals surface area contributed by atoms with Crippen molar-refractivity contribution in [1.29, 1.82) is 0 Å². The molecule has 25 heavy (non-hydrogen) atoms. The van der Waals surface area contributed by atoms with Crippen LogP contribution in [0.1, 0.15) is 18.4 Å². The lowest BCUT2D eigenvalue weighted by atomic mass is 10.2. The van der Waals surface area contributed by atoms with Crippen LogP contribution in [0.4, 0.5) is 11.4 Å². The summed E-state index contributed by atoms with van der Waals surface area (Å²) in [6.07, 6.45) is 0. The normalized spacial score (nSPS) is 12.0. The number of ether oxygens (including phenoxy) is 1. The highest BCUT2D eigenvalue weighted by atomic mass is 16.6. The fraction of sp³-hybridized carbons (Fsp3) is 0.353. The summed E-state index contributed by atoms with van der Waals surface area (Å²) in [5.74, 6) is 1.62. The fourth-order valence-corrected chi connectivity index (χ4v) is 2.30. The van der Waals surface area contributed by atoms with Crippen LogP contribution in [-0.2, 0) is 11.3 Å². The minimum atomic E-state index is -0.524. The Hall–Kier alpha value is -2.87. The number of methoxy groups -OCH3 is 1. The molecule has 1 atom stereocenters. The number of rotatable bonds is 7. The number of hydrogen-bond acceptors (Lipinski definition) is 6. The maximum atomic E-state index is 12.5. The molecular weight excluding hydrogens is 326 g/mol. The van der Waals surface area contributed by atoms with E-state index in [0.717, 1.165) is 11.5 Å². The monoisotopic (exact) mass is 347 g/mol. The average molecular weight is 347 g/mol. The Labute approximate surface area is 145 Å². The number of nitrogens with one attached hydrogen (secondary N) is 1. The van der Waals surface area contributed by atoms with Gasteiger partial charge in [-0.1, -0.05) is 0 Å². The molecule has 0 radical (unpaired) electrons. The van der Waals surface area contributed by atoms with Crippen molar-refractivity contribution in [1.82, 2.24) is 4.90 Å². The van der Waals surface area contributed by atoms with Crippen LogP contribution in [0.5, 0.6) is 5.75 Å². The van der Waals surface area contributed by atoms with Crippen LogP contribution in [0, 0.1) is 17.0 Å². The van der Waals surface area contributed by atoms with Crippen LogP contribution < -0.4 is 10.1 Å². The number of nitrogens with zero attached hydrogens (tertiary/aromatic N) is 2. The predicted molar refractivity (Wildman–Crippen MR) is 92.7 cm³/mol. The fourth-order valence-electron chi connectivity index (χ4n) is 2.30. The molecule has 2 aromatic rings. The van der Waals surface area contributed by atoms with E-state index in [1.165, 1.54) is 25.3 Å². The minimum absolute atomic E-state index is 0.122. The maximum absolute atomic E-state index is 12.5. The molecule has 1 N–H and O–H groups in total. The highest BCUT2D eigenvalue weighted by molar-refractivity contribution is 5.96. The van der Waals surface area contributed by atoms with Gasteiger partial charge in [0.15, 0.2) is 0 Å². The van der Waals surface area contributed by atoms with E-state index in [4.69, 9.17) is 9.15 Å². The molecule has 2 rings (SSSR count). The number of hydrogen-bond donors (Lipinski definition) is 1. The van der Waals surface area contributed by atoms with E-state index in [1.54, 1.807) is 14.0 Å². The number of non-ortho nitro benzene ring substituents is 1. The second kappa shape index (κ2) is 7.80. The zero-order valence-corrected chi connectivity index (χ0v) is 14.6. The zero-order valence-electron chi connectivity index (χ0n) is 14.6.